The van der Waals surface area contributed by atoms with Crippen molar-refractivity contribution in [2.24, 2.45) is 17.6 Å². The van der Waals surface area contributed by atoms with Gasteiger partial charge in [0, 0.05) is 40.8 Å². The van der Waals surface area contributed by atoms with Crippen LogP contribution in [-0.4, -0.2) is 70.1 Å². The Morgan fingerprint density at radius 1 is 0.920 bits per heavy atom. The molecule has 4 aromatic rings. The Morgan fingerprint density at radius 2 is 1.62 bits per heavy atom. The molecule has 2 aliphatic rings. The van der Waals surface area contributed by atoms with Crippen molar-refractivity contribution in [3.8, 4) is 22.5 Å². The molecule has 0 radical (unpaired) electrons. The fraction of sp³-hybridized carbons (Fsp3) is 0.405. The van der Waals surface area contributed by atoms with Crippen molar-refractivity contribution in [1.29, 1.82) is 0 Å². The fourth-order valence-electron chi connectivity index (χ4n) is 6.81. The summed E-state index contributed by atoms with van der Waals surface area (Å²) >= 11 is 6.84. The van der Waals surface area contributed by atoms with Gasteiger partial charge in [-0.1, -0.05) is 41.9 Å². The molecule has 50 heavy (non-hydrogen) atoms. The molecule has 1 aliphatic carbocycles. The number of rotatable bonds is 11. The van der Waals surface area contributed by atoms with Gasteiger partial charge < -0.3 is 27.0 Å². The Hall–Kier alpha value is -4.65. The molecule has 0 bridgehead atoms. The number of tetrazole rings is 1. The molecule has 1 atom stereocenters. The van der Waals surface area contributed by atoms with Crippen LogP contribution in [0.25, 0.3) is 22.5 Å². The van der Waals surface area contributed by atoms with Crippen LogP contribution in [0.1, 0.15) is 60.0 Å². The highest BCUT2D eigenvalue weighted by Gasteiger charge is 2.29. The number of H-pyrrole nitrogens is 1. The number of aromatic amines is 1. The number of nitrogens with zero attached hydrogens (tertiary/aromatic N) is 3. The number of nitrogens with two attached hydrogens (primary N) is 1. The number of hydrogen-bond donors (Lipinski definition) is 6. The zero-order valence-corrected chi connectivity index (χ0v) is 28.9. The first kappa shape index (κ1) is 35.2. The van der Waals surface area contributed by atoms with Gasteiger partial charge in [-0.15, -0.1) is 10.2 Å². The van der Waals surface area contributed by atoms with Gasteiger partial charge in [0.05, 0.1) is 5.02 Å². The lowest BCUT2D eigenvalue weighted by atomic mass is 9.81. The van der Waals surface area contributed by atoms with Crippen LogP contribution in [0.2, 0.25) is 5.02 Å². The number of carbonyl (C=O) groups excluding carboxylic acids is 3. The molecule has 1 saturated carbocycles. The van der Waals surface area contributed by atoms with Crippen molar-refractivity contribution in [2.75, 3.05) is 25.0 Å². The topological polar surface area (TPSA) is 180 Å². The maximum absolute atomic E-state index is 13.7. The molecule has 2 heterocycles. The van der Waals surface area contributed by atoms with Crippen LogP contribution in [-0.2, 0) is 16.0 Å². The Balaban J connectivity index is 1.16. The average molecular weight is 698 g/mol. The standard InChI is InChI=1S/C37H44ClN9O3/c1-22-30(36(49)41-29-16-18-40-19-17-29)14-15-31(33(22)38)25-6-2-23(3-7-25)20-32(43-35(48)27-8-4-24(21-39)5-9-27)37(50)42-28-12-10-26(11-13-28)34-44-46-47-45-34/h2-3,6-7,10-15,24,27,29,32,40H,4-5,8-9,16-21,39H2,1H3,(H,41,49)(H,42,50)(H,43,48)(H,44,45,46,47)/t24-,27-,32-/m0/s1. The van der Waals surface area contributed by atoms with Crippen LogP contribution in [0.5, 0.6) is 0 Å². The number of anilines is 1. The first-order chi connectivity index (χ1) is 24.3. The monoisotopic (exact) mass is 697 g/mol. The maximum Gasteiger partial charge on any atom is 0.251 e. The molecule has 2 fully saturated rings. The van der Waals surface area contributed by atoms with Crippen molar-refractivity contribution >= 4 is 35.0 Å². The zero-order chi connectivity index (χ0) is 35.0. The van der Waals surface area contributed by atoms with Crippen LogP contribution in [0.4, 0.5) is 5.69 Å². The van der Waals surface area contributed by atoms with Gasteiger partial charge in [-0.3, -0.25) is 14.4 Å². The van der Waals surface area contributed by atoms with Crippen LogP contribution in [0.15, 0.2) is 60.7 Å². The molecule has 1 saturated heterocycles. The number of benzene rings is 3. The highest BCUT2D eigenvalue weighted by Crippen LogP contribution is 2.33. The molecule has 13 heteroatoms. The minimum Gasteiger partial charge on any atom is -0.349 e. The number of hydrogen-bond acceptors (Lipinski definition) is 8. The highest BCUT2D eigenvalue weighted by atomic mass is 35.5. The highest BCUT2D eigenvalue weighted by molar-refractivity contribution is 6.34. The summed E-state index contributed by atoms with van der Waals surface area (Å²) in [6.07, 6.45) is 5.43. The molecule has 262 valence electrons. The van der Waals surface area contributed by atoms with E-state index in [0.717, 1.165) is 79.4 Å². The van der Waals surface area contributed by atoms with Crippen molar-refractivity contribution in [2.45, 2.75) is 64.0 Å². The summed E-state index contributed by atoms with van der Waals surface area (Å²) in [5.41, 5.74) is 11.1. The van der Waals surface area contributed by atoms with Gasteiger partial charge in [0.25, 0.3) is 5.91 Å². The summed E-state index contributed by atoms with van der Waals surface area (Å²) in [4.78, 5) is 40.2. The third-order valence-electron chi connectivity index (χ3n) is 9.95. The lowest BCUT2D eigenvalue weighted by Crippen LogP contribution is -2.48. The van der Waals surface area contributed by atoms with Crippen molar-refractivity contribution in [3.05, 3.63) is 82.4 Å². The van der Waals surface area contributed by atoms with Crippen LogP contribution in [0.3, 0.4) is 0 Å². The summed E-state index contributed by atoms with van der Waals surface area (Å²) in [7, 11) is 0. The lowest BCUT2D eigenvalue weighted by Gasteiger charge is -2.28. The summed E-state index contributed by atoms with van der Waals surface area (Å²) < 4.78 is 0. The van der Waals surface area contributed by atoms with Crippen LogP contribution >= 0.6 is 11.6 Å². The molecule has 3 aromatic carbocycles. The van der Waals surface area contributed by atoms with E-state index in [-0.39, 0.29) is 29.7 Å². The Labute approximate surface area is 296 Å². The summed E-state index contributed by atoms with van der Waals surface area (Å²) in [6.45, 7) is 4.28. The van der Waals surface area contributed by atoms with E-state index in [2.05, 4.69) is 41.9 Å². The van der Waals surface area contributed by atoms with Gasteiger partial charge >= 0.3 is 0 Å². The molecular formula is C37H44ClN9O3. The Bertz CT molecular complexity index is 1770. The van der Waals surface area contributed by atoms with Crippen LogP contribution in [0, 0.1) is 18.8 Å². The van der Waals surface area contributed by atoms with E-state index in [1.165, 1.54) is 0 Å². The molecule has 1 aromatic heterocycles. The summed E-state index contributed by atoms with van der Waals surface area (Å²) in [6, 6.07) is 18.0. The van der Waals surface area contributed by atoms with E-state index < -0.39 is 6.04 Å². The zero-order valence-electron chi connectivity index (χ0n) is 28.2. The maximum atomic E-state index is 13.7. The van der Waals surface area contributed by atoms with Gasteiger partial charge in [0.1, 0.15) is 6.04 Å². The average Bonchev–Trinajstić information content (AvgIpc) is 3.69. The van der Waals surface area contributed by atoms with Gasteiger partial charge in [-0.05, 0) is 123 Å². The lowest BCUT2D eigenvalue weighted by molar-refractivity contribution is -0.130. The van der Waals surface area contributed by atoms with E-state index in [0.29, 0.717) is 41.0 Å². The molecule has 7 N–H and O–H groups in total. The van der Waals surface area contributed by atoms with E-state index in [1.54, 1.807) is 24.3 Å². The normalized spacial score (nSPS) is 18.6. The molecule has 1 aliphatic heterocycles. The fourth-order valence-corrected chi connectivity index (χ4v) is 7.09. The third kappa shape index (κ3) is 8.55. The van der Waals surface area contributed by atoms with Gasteiger partial charge in [0.2, 0.25) is 17.6 Å². The smallest absolute Gasteiger partial charge is 0.251 e. The minimum absolute atomic E-state index is 0.111. The summed E-state index contributed by atoms with van der Waals surface area (Å²) in [5.74, 6) is 0.196. The van der Waals surface area contributed by atoms with Crippen molar-refractivity contribution in [1.82, 2.24) is 36.6 Å². The largest absolute Gasteiger partial charge is 0.349 e. The van der Waals surface area contributed by atoms with Crippen molar-refractivity contribution < 1.29 is 14.4 Å². The SMILES string of the molecule is Cc1c(C(=O)NC2CCNCC2)ccc(-c2ccc(C[C@H](NC(=O)[C@H]3CC[C@H](CN)CC3)C(=O)Nc3ccc(-c4nn[nH]n4)cc3)cc2)c1Cl. The summed E-state index contributed by atoms with van der Waals surface area (Å²) in [5, 5.41) is 27.0. The predicted molar refractivity (Wildman–Crippen MR) is 193 cm³/mol. The molecule has 12 nitrogen and oxygen atoms in total. The number of piperidine rings is 1. The van der Waals surface area contributed by atoms with Gasteiger partial charge in [-0.2, -0.15) is 5.21 Å². The van der Waals surface area contributed by atoms with E-state index in [4.69, 9.17) is 17.3 Å². The van der Waals surface area contributed by atoms with E-state index in [9.17, 15) is 14.4 Å². The third-order valence-corrected chi connectivity index (χ3v) is 10.4. The first-order valence-corrected chi connectivity index (χ1v) is 17.7. The second-order valence-corrected chi connectivity index (χ2v) is 13.7. The number of nitrogens with one attached hydrogen (secondary N) is 5. The van der Waals surface area contributed by atoms with Crippen molar-refractivity contribution in [3.63, 3.8) is 0 Å². The molecule has 3 amide bonds. The predicted octanol–water partition coefficient (Wildman–Crippen LogP) is 4.41. The van der Waals surface area contributed by atoms with E-state index in [1.807, 2.05) is 43.3 Å². The second-order valence-electron chi connectivity index (χ2n) is 13.3. The number of carbonyl (C=O) groups is 3. The molecule has 0 unspecified atom stereocenters. The Kier molecular flexibility index (Phi) is 11.5. The van der Waals surface area contributed by atoms with Crippen LogP contribution < -0.4 is 27.0 Å². The number of aromatic nitrogens is 4. The quantitative estimate of drug-likeness (QED) is 0.133. The first-order valence-electron chi connectivity index (χ1n) is 17.3. The molecule has 0 spiro atoms. The van der Waals surface area contributed by atoms with Gasteiger partial charge in [-0.25, -0.2) is 0 Å². The molecule has 6 rings (SSSR count). The number of amides is 3. The Morgan fingerprint density at radius 3 is 2.28 bits per heavy atom. The molecular weight excluding hydrogens is 654 g/mol. The number of halogens is 1. The minimum atomic E-state index is -0.805. The van der Waals surface area contributed by atoms with Gasteiger partial charge in [0.15, 0.2) is 0 Å². The van der Waals surface area contributed by atoms with E-state index >= 15 is 0 Å². The second kappa shape index (κ2) is 16.4.